The Bertz CT molecular complexity index is 792. The number of aromatic hydroxyl groups is 1. The van der Waals surface area contributed by atoms with Crippen LogP contribution in [0.25, 0.3) is 0 Å². The van der Waals surface area contributed by atoms with Gasteiger partial charge in [-0.15, -0.1) is 24.0 Å². The van der Waals surface area contributed by atoms with Crippen LogP contribution in [0.5, 0.6) is 11.5 Å². The van der Waals surface area contributed by atoms with Gasteiger partial charge in [0.05, 0.1) is 19.7 Å². The molecule has 1 unspecified atom stereocenters. The molecular weight excluding hydrogens is 491 g/mol. The molecule has 3 N–H and O–H groups in total. The van der Waals surface area contributed by atoms with Crippen LogP contribution in [0.1, 0.15) is 36.9 Å². The lowest BCUT2D eigenvalue weighted by Gasteiger charge is -2.29. The molecule has 0 aliphatic carbocycles. The predicted molar refractivity (Wildman–Crippen MR) is 133 cm³/mol. The van der Waals surface area contributed by atoms with Crippen molar-refractivity contribution in [2.24, 2.45) is 4.99 Å². The number of nitrogens with zero attached hydrogens (tertiary/aromatic N) is 2. The third kappa shape index (κ3) is 7.05. The first-order chi connectivity index (χ1) is 14.2. The second-order valence-corrected chi connectivity index (χ2v) is 7.28. The molecule has 0 spiro atoms. The van der Waals surface area contributed by atoms with Gasteiger partial charge in [0.25, 0.3) is 0 Å². The second-order valence-electron chi connectivity index (χ2n) is 7.28. The maximum Gasteiger partial charge on any atom is 0.191 e. The number of hydrogen-bond donors (Lipinski definition) is 3. The van der Waals surface area contributed by atoms with Crippen molar-refractivity contribution < 1.29 is 9.84 Å². The Hall–Kier alpha value is -2.00. The van der Waals surface area contributed by atoms with Gasteiger partial charge in [0.1, 0.15) is 11.5 Å². The highest BCUT2D eigenvalue weighted by molar-refractivity contribution is 14.0. The minimum Gasteiger partial charge on any atom is -0.508 e. The van der Waals surface area contributed by atoms with Crippen LogP contribution in [0, 0.1) is 0 Å². The van der Waals surface area contributed by atoms with Crippen molar-refractivity contribution in [3.63, 3.8) is 0 Å². The third-order valence-electron chi connectivity index (χ3n) is 5.22. The summed E-state index contributed by atoms with van der Waals surface area (Å²) in [6, 6.07) is 15.9. The van der Waals surface area contributed by atoms with Gasteiger partial charge >= 0.3 is 0 Å². The quantitative estimate of drug-likeness (QED) is 0.278. The number of guanidine groups is 1. The lowest BCUT2D eigenvalue weighted by Crippen LogP contribution is -2.42. The van der Waals surface area contributed by atoms with Crippen molar-refractivity contribution in [1.82, 2.24) is 15.5 Å². The molecule has 1 saturated heterocycles. The number of aliphatic imine (C=N–C) groups is 1. The lowest BCUT2D eigenvalue weighted by molar-refractivity contribution is 0.245. The lowest BCUT2D eigenvalue weighted by atomic mass is 10.1. The monoisotopic (exact) mass is 524 g/mol. The summed E-state index contributed by atoms with van der Waals surface area (Å²) >= 11 is 0. The first-order valence-corrected chi connectivity index (χ1v) is 10.4. The van der Waals surface area contributed by atoms with Crippen molar-refractivity contribution in [3.05, 3.63) is 59.7 Å². The van der Waals surface area contributed by atoms with Gasteiger partial charge in [0.15, 0.2) is 5.96 Å². The zero-order chi connectivity index (χ0) is 20.5. The number of nitrogens with one attached hydrogen (secondary N) is 2. The fourth-order valence-corrected chi connectivity index (χ4v) is 3.70. The first kappa shape index (κ1) is 24.3. The number of halogens is 1. The van der Waals surface area contributed by atoms with E-state index in [0.717, 1.165) is 43.5 Å². The van der Waals surface area contributed by atoms with Crippen molar-refractivity contribution in [3.8, 4) is 11.5 Å². The molecule has 30 heavy (non-hydrogen) atoms. The van der Waals surface area contributed by atoms with E-state index < -0.39 is 0 Å². The standard InChI is InChI=1S/C23H32N4O2.HI/c1-3-24-23(25-16-18-7-6-8-20(28)15-18)26-17-22(27-13-4-5-14-27)19-9-11-21(29-2)12-10-19;/h6-12,15,22,28H,3-5,13-14,16-17H2,1-2H3,(H2,24,25,26);1H. The van der Waals surface area contributed by atoms with E-state index in [9.17, 15) is 5.11 Å². The molecule has 0 aromatic heterocycles. The van der Waals surface area contributed by atoms with E-state index in [2.05, 4.69) is 39.6 Å². The fraction of sp³-hybridized carbons (Fsp3) is 0.435. The summed E-state index contributed by atoms with van der Waals surface area (Å²) in [5.74, 6) is 1.93. The topological polar surface area (TPSA) is 69.1 Å². The van der Waals surface area contributed by atoms with Gasteiger partial charge in [0, 0.05) is 13.1 Å². The summed E-state index contributed by atoms with van der Waals surface area (Å²) in [5.41, 5.74) is 2.26. The van der Waals surface area contributed by atoms with Crippen LogP contribution >= 0.6 is 24.0 Å². The number of phenols is 1. The molecule has 0 bridgehead atoms. The average Bonchev–Trinajstić information content (AvgIpc) is 3.27. The van der Waals surface area contributed by atoms with Gasteiger partial charge in [-0.3, -0.25) is 4.90 Å². The van der Waals surface area contributed by atoms with Crippen molar-refractivity contribution in [2.75, 3.05) is 33.3 Å². The number of benzene rings is 2. The number of methoxy groups -OCH3 is 1. The van der Waals surface area contributed by atoms with Crippen LogP contribution in [0.3, 0.4) is 0 Å². The molecule has 164 valence electrons. The van der Waals surface area contributed by atoms with E-state index in [0.29, 0.717) is 6.54 Å². The molecule has 2 aromatic rings. The van der Waals surface area contributed by atoms with E-state index >= 15 is 0 Å². The SMILES string of the molecule is CCNC(=NCc1cccc(O)c1)NCC(c1ccc(OC)cc1)N1CCCC1.I. The number of likely N-dealkylation sites (tertiary alicyclic amines) is 1. The van der Waals surface area contributed by atoms with Crippen molar-refractivity contribution in [1.29, 1.82) is 0 Å². The highest BCUT2D eigenvalue weighted by atomic mass is 127. The van der Waals surface area contributed by atoms with Crippen molar-refractivity contribution >= 4 is 29.9 Å². The third-order valence-corrected chi connectivity index (χ3v) is 5.22. The molecule has 2 aromatic carbocycles. The van der Waals surface area contributed by atoms with Crippen LogP contribution in [0.4, 0.5) is 0 Å². The van der Waals surface area contributed by atoms with E-state index in [1.54, 1.807) is 19.2 Å². The Morgan fingerprint density at radius 1 is 1.13 bits per heavy atom. The largest absolute Gasteiger partial charge is 0.508 e. The van der Waals surface area contributed by atoms with E-state index in [1.807, 2.05) is 24.3 Å². The first-order valence-electron chi connectivity index (χ1n) is 10.4. The number of hydrogen-bond acceptors (Lipinski definition) is 4. The molecule has 6 nitrogen and oxygen atoms in total. The molecular formula is C23H33IN4O2. The van der Waals surface area contributed by atoms with Crippen LogP contribution in [-0.2, 0) is 6.54 Å². The minimum atomic E-state index is 0. The van der Waals surface area contributed by atoms with Crippen molar-refractivity contribution in [2.45, 2.75) is 32.4 Å². The molecule has 1 aliphatic heterocycles. The predicted octanol–water partition coefficient (Wildman–Crippen LogP) is 3.91. The Morgan fingerprint density at radius 3 is 2.50 bits per heavy atom. The number of ether oxygens (including phenoxy) is 1. The molecule has 1 fully saturated rings. The zero-order valence-corrected chi connectivity index (χ0v) is 20.1. The van der Waals surface area contributed by atoms with Crippen LogP contribution in [-0.4, -0.2) is 49.3 Å². The molecule has 3 rings (SSSR count). The fourth-order valence-electron chi connectivity index (χ4n) is 3.70. The smallest absolute Gasteiger partial charge is 0.191 e. The molecule has 0 amide bonds. The molecule has 1 heterocycles. The summed E-state index contributed by atoms with van der Waals surface area (Å²) < 4.78 is 5.31. The summed E-state index contributed by atoms with van der Waals surface area (Å²) in [6.07, 6.45) is 2.50. The highest BCUT2D eigenvalue weighted by Gasteiger charge is 2.23. The Kier molecular flexibility index (Phi) is 10.2. The summed E-state index contributed by atoms with van der Waals surface area (Å²) in [4.78, 5) is 7.22. The maximum absolute atomic E-state index is 9.65. The summed E-state index contributed by atoms with van der Waals surface area (Å²) in [7, 11) is 1.69. The highest BCUT2D eigenvalue weighted by Crippen LogP contribution is 2.26. The molecule has 7 heteroatoms. The van der Waals surface area contributed by atoms with Gasteiger partial charge in [-0.25, -0.2) is 4.99 Å². The number of phenolic OH excluding ortho intramolecular Hbond substituents is 1. The van der Waals surface area contributed by atoms with E-state index in [-0.39, 0.29) is 35.8 Å². The average molecular weight is 524 g/mol. The van der Waals surface area contributed by atoms with Crippen LogP contribution in [0.15, 0.2) is 53.5 Å². The maximum atomic E-state index is 9.65. The van der Waals surface area contributed by atoms with Gasteiger partial charge < -0.3 is 20.5 Å². The van der Waals surface area contributed by atoms with E-state index in [1.165, 1.54) is 18.4 Å². The minimum absolute atomic E-state index is 0. The zero-order valence-electron chi connectivity index (χ0n) is 17.8. The summed E-state index contributed by atoms with van der Waals surface area (Å²) in [5, 5.41) is 16.5. The summed E-state index contributed by atoms with van der Waals surface area (Å²) in [6.45, 7) is 6.39. The Labute approximate surface area is 196 Å². The Morgan fingerprint density at radius 2 is 1.87 bits per heavy atom. The van der Waals surface area contributed by atoms with Gasteiger partial charge in [-0.05, 0) is 68.2 Å². The van der Waals surface area contributed by atoms with Crippen LogP contribution < -0.4 is 15.4 Å². The second kappa shape index (κ2) is 12.6. The van der Waals surface area contributed by atoms with Gasteiger partial charge in [-0.2, -0.15) is 0 Å². The normalized spacial score (nSPS) is 15.3. The van der Waals surface area contributed by atoms with Gasteiger partial charge in [0.2, 0.25) is 0 Å². The number of rotatable bonds is 8. The Balaban J connectivity index is 0.00000320. The molecule has 1 aliphatic rings. The molecule has 0 radical (unpaired) electrons. The van der Waals surface area contributed by atoms with Gasteiger partial charge in [-0.1, -0.05) is 24.3 Å². The molecule has 1 atom stereocenters. The molecule has 0 saturated carbocycles. The van der Waals surface area contributed by atoms with E-state index in [4.69, 9.17) is 4.74 Å². The van der Waals surface area contributed by atoms with Crippen LogP contribution in [0.2, 0.25) is 0 Å².